The van der Waals surface area contributed by atoms with Crippen LogP contribution in [-0.2, 0) is 0 Å². The summed E-state index contributed by atoms with van der Waals surface area (Å²) in [6.07, 6.45) is 3.21. The smallest absolute Gasteiger partial charge is 0.255 e. The van der Waals surface area contributed by atoms with Crippen molar-refractivity contribution in [2.75, 3.05) is 5.32 Å². The first-order chi connectivity index (χ1) is 8.68. The molecule has 1 heterocycles. The summed E-state index contributed by atoms with van der Waals surface area (Å²) >= 11 is 3.52. The maximum Gasteiger partial charge on any atom is 0.255 e. The van der Waals surface area contributed by atoms with Crippen molar-refractivity contribution in [3.63, 3.8) is 0 Å². The fourth-order valence-corrected chi connectivity index (χ4v) is 2.05. The Kier molecular flexibility index (Phi) is 4.10. The van der Waals surface area contributed by atoms with E-state index in [-0.39, 0.29) is 10.7 Å². The minimum atomic E-state index is -0.127. The molecule has 1 aromatic carbocycles. The highest BCUT2D eigenvalue weighted by molar-refractivity contribution is 9.09. The number of pyridine rings is 1. The van der Waals surface area contributed by atoms with E-state index in [0.29, 0.717) is 5.56 Å². The van der Waals surface area contributed by atoms with Crippen molar-refractivity contribution >= 4 is 27.5 Å². The molecule has 0 bridgehead atoms. The summed E-state index contributed by atoms with van der Waals surface area (Å²) in [7, 11) is 0. The van der Waals surface area contributed by atoms with Crippen molar-refractivity contribution in [2.24, 2.45) is 0 Å². The standard InChI is InChI=1S/C14H13BrN2O/c1-10(15)12-4-2-3-5-13(12)17-14(18)11-6-8-16-9-7-11/h2-10H,1H3,(H,17,18). The van der Waals surface area contributed by atoms with Gasteiger partial charge in [0.05, 0.1) is 0 Å². The molecule has 1 N–H and O–H groups in total. The molecule has 1 atom stereocenters. The van der Waals surface area contributed by atoms with Crippen LogP contribution >= 0.6 is 15.9 Å². The van der Waals surface area contributed by atoms with Crippen LogP contribution in [0.4, 0.5) is 5.69 Å². The first-order valence-corrected chi connectivity index (χ1v) is 6.54. The van der Waals surface area contributed by atoms with E-state index in [1.807, 2.05) is 31.2 Å². The van der Waals surface area contributed by atoms with E-state index in [1.165, 1.54) is 0 Å². The Morgan fingerprint density at radius 2 is 1.89 bits per heavy atom. The molecule has 0 aliphatic rings. The van der Waals surface area contributed by atoms with Gasteiger partial charge in [0.1, 0.15) is 0 Å². The number of hydrogen-bond acceptors (Lipinski definition) is 2. The first kappa shape index (κ1) is 12.8. The van der Waals surface area contributed by atoms with Crippen LogP contribution in [0.25, 0.3) is 0 Å². The Hall–Kier alpha value is -1.68. The number of carbonyl (C=O) groups excluding carboxylic acids is 1. The summed E-state index contributed by atoms with van der Waals surface area (Å²) in [5.74, 6) is -0.127. The Bertz CT molecular complexity index is 541. The molecule has 0 aliphatic heterocycles. The number of hydrogen-bond donors (Lipinski definition) is 1. The highest BCUT2D eigenvalue weighted by atomic mass is 79.9. The number of para-hydroxylation sites is 1. The molecular weight excluding hydrogens is 292 g/mol. The highest BCUT2D eigenvalue weighted by Crippen LogP contribution is 2.28. The Balaban J connectivity index is 2.22. The van der Waals surface area contributed by atoms with Crippen LogP contribution in [0, 0.1) is 0 Å². The fraction of sp³-hybridized carbons (Fsp3) is 0.143. The first-order valence-electron chi connectivity index (χ1n) is 5.63. The van der Waals surface area contributed by atoms with Crippen molar-refractivity contribution < 1.29 is 4.79 Å². The second-order valence-corrected chi connectivity index (χ2v) is 5.27. The van der Waals surface area contributed by atoms with E-state index < -0.39 is 0 Å². The largest absolute Gasteiger partial charge is 0.322 e. The predicted octanol–water partition coefficient (Wildman–Crippen LogP) is 3.79. The van der Waals surface area contributed by atoms with Crippen LogP contribution in [0.1, 0.15) is 27.7 Å². The lowest BCUT2D eigenvalue weighted by molar-refractivity contribution is 0.102. The van der Waals surface area contributed by atoms with Gasteiger partial charge in [-0.3, -0.25) is 9.78 Å². The van der Waals surface area contributed by atoms with Crippen LogP contribution in [-0.4, -0.2) is 10.9 Å². The molecule has 0 saturated carbocycles. The Morgan fingerprint density at radius 1 is 1.22 bits per heavy atom. The number of carbonyl (C=O) groups is 1. The number of anilines is 1. The molecule has 0 saturated heterocycles. The number of alkyl halides is 1. The lowest BCUT2D eigenvalue weighted by atomic mass is 10.1. The van der Waals surface area contributed by atoms with Crippen molar-refractivity contribution in [3.05, 3.63) is 59.9 Å². The van der Waals surface area contributed by atoms with Gasteiger partial charge < -0.3 is 5.32 Å². The number of aromatic nitrogens is 1. The highest BCUT2D eigenvalue weighted by Gasteiger charge is 2.10. The number of halogens is 1. The molecule has 2 rings (SSSR count). The third kappa shape index (κ3) is 2.96. The topological polar surface area (TPSA) is 42.0 Å². The third-order valence-electron chi connectivity index (χ3n) is 2.58. The van der Waals surface area contributed by atoms with Crippen molar-refractivity contribution in [3.8, 4) is 0 Å². The quantitative estimate of drug-likeness (QED) is 0.877. The van der Waals surface area contributed by atoms with Gasteiger partial charge in [0.25, 0.3) is 5.91 Å². The number of benzene rings is 1. The molecule has 92 valence electrons. The van der Waals surface area contributed by atoms with Crippen molar-refractivity contribution in [2.45, 2.75) is 11.8 Å². The summed E-state index contributed by atoms with van der Waals surface area (Å²) in [6.45, 7) is 2.03. The minimum Gasteiger partial charge on any atom is -0.322 e. The monoisotopic (exact) mass is 304 g/mol. The molecule has 1 amide bonds. The summed E-state index contributed by atoms with van der Waals surface area (Å²) < 4.78 is 0. The van der Waals surface area contributed by atoms with Gasteiger partial charge in [-0.05, 0) is 30.7 Å². The van der Waals surface area contributed by atoms with Crippen molar-refractivity contribution in [1.82, 2.24) is 4.98 Å². The van der Waals surface area contributed by atoms with Crippen molar-refractivity contribution in [1.29, 1.82) is 0 Å². The van der Waals surface area contributed by atoms with E-state index in [4.69, 9.17) is 0 Å². The van der Waals surface area contributed by atoms with E-state index >= 15 is 0 Å². The number of rotatable bonds is 3. The Morgan fingerprint density at radius 3 is 2.56 bits per heavy atom. The zero-order valence-corrected chi connectivity index (χ0v) is 11.5. The van der Waals surface area contributed by atoms with Gasteiger partial charge in [-0.15, -0.1) is 0 Å². The SMILES string of the molecule is CC(Br)c1ccccc1NC(=O)c1ccncc1. The molecule has 4 heteroatoms. The number of nitrogens with one attached hydrogen (secondary N) is 1. The summed E-state index contributed by atoms with van der Waals surface area (Å²) in [5, 5.41) is 2.91. The second kappa shape index (κ2) is 5.78. The van der Waals surface area contributed by atoms with Gasteiger partial charge in [0.2, 0.25) is 0 Å². The molecule has 2 aromatic rings. The van der Waals surface area contributed by atoms with Gasteiger partial charge in [-0.25, -0.2) is 0 Å². The zero-order valence-electron chi connectivity index (χ0n) is 9.93. The van der Waals surface area contributed by atoms with Crippen LogP contribution in [0.5, 0.6) is 0 Å². The van der Waals surface area contributed by atoms with Crippen LogP contribution < -0.4 is 5.32 Å². The average molecular weight is 305 g/mol. The normalized spacial score (nSPS) is 11.9. The molecule has 0 aliphatic carbocycles. The zero-order chi connectivity index (χ0) is 13.0. The van der Waals surface area contributed by atoms with Gasteiger partial charge in [-0.1, -0.05) is 34.1 Å². The van der Waals surface area contributed by atoms with Crippen LogP contribution in [0.3, 0.4) is 0 Å². The molecule has 1 aromatic heterocycles. The molecule has 1 unspecified atom stereocenters. The summed E-state index contributed by atoms with van der Waals surface area (Å²) in [5.41, 5.74) is 2.48. The summed E-state index contributed by atoms with van der Waals surface area (Å²) in [4.78, 5) is 16.1. The van der Waals surface area contributed by atoms with Gasteiger partial charge in [-0.2, -0.15) is 0 Å². The van der Waals surface area contributed by atoms with Crippen LogP contribution in [0.15, 0.2) is 48.8 Å². The molecule has 18 heavy (non-hydrogen) atoms. The minimum absolute atomic E-state index is 0.127. The predicted molar refractivity (Wildman–Crippen MR) is 76.0 cm³/mol. The maximum atomic E-state index is 12.0. The van der Waals surface area contributed by atoms with Gasteiger partial charge >= 0.3 is 0 Å². The molecule has 0 spiro atoms. The Labute approximate surface area is 114 Å². The van der Waals surface area contributed by atoms with E-state index in [2.05, 4.69) is 26.2 Å². The second-order valence-electron chi connectivity index (χ2n) is 3.89. The fourth-order valence-electron chi connectivity index (χ4n) is 1.66. The van der Waals surface area contributed by atoms with Gasteiger partial charge in [0.15, 0.2) is 0 Å². The summed E-state index contributed by atoms with van der Waals surface area (Å²) in [6, 6.07) is 11.1. The van der Waals surface area contributed by atoms with E-state index in [0.717, 1.165) is 11.3 Å². The maximum absolute atomic E-state index is 12.0. The van der Waals surface area contributed by atoms with Gasteiger partial charge in [0, 0.05) is 28.5 Å². The lowest BCUT2D eigenvalue weighted by Crippen LogP contribution is -2.13. The van der Waals surface area contributed by atoms with E-state index in [1.54, 1.807) is 24.5 Å². The molecule has 0 fully saturated rings. The van der Waals surface area contributed by atoms with Crippen LogP contribution in [0.2, 0.25) is 0 Å². The number of amides is 1. The molecular formula is C14H13BrN2O. The van der Waals surface area contributed by atoms with E-state index in [9.17, 15) is 4.79 Å². The third-order valence-corrected chi connectivity index (χ3v) is 3.07. The number of nitrogens with zero attached hydrogens (tertiary/aromatic N) is 1. The molecule has 0 radical (unpaired) electrons. The molecule has 3 nitrogen and oxygen atoms in total. The lowest BCUT2D eigenvalue weighted by Gasteiger charge is -2.12. The average Bonchev–Trinajstić information content (AvgIpc) is 2.40.